The SMILES string of the molecule is [C-]#[N+]/C(C(=O)OCCc1ccc(C(C)(C)C)cc1)=C(/O)C(F)(F)F.[Cu]. The normalized spacial score (nSPS) is 12.5. The van der Waals surface area contributed by atoms with E-state index in [4.69, 9.17) is 11.7 Å². The van der Waals surface area contributed by atoms with Gasteiger partial charge in [0.25, 0.3) is 0 Å². The van der Waals surface area contributed by atoms with Gasteiger partial charge in [0, 0.05) is 23.5 Å². The first-order valence-corrected chi connectivity index (χ1v) is 7.11. The fourth-order valence-electron chi connectivity index (χ4n) is 1.83. The zero-order valence-corrected chi connectivity index (χ0v) is 14.8. The van der Waals surface area contributed by atoms with Crippen LogP contribution in [0.3, 0.4) is 0 Å². The van der Waals surface area contributed by atoms with Gasteiger partial charge in [-0.1, -0.05) is 45.0 Å². The summed E-state index contributed by atoms with van der Waals surface area (Å²) in [6.07, 6.45) is -4.88. The number of nitrogens with zero attached hydrogens (tertiary/aromatic N) is 1. The van der Waals surface area contributed by atoms with Gasteiger partial charge in [-0.2, -0.15) is 13.2 Å². The van der Waals surface area contributed by atoms with Crippen LogP contribution in [-0.4, -0.2) is 23.9 Å². The molecule has 1 N–H and O–H groups in total. The zero-order valence-electron chi connectivity index (χ0n) is 13.9. The smallest absolute Gasteiger partial charge is 0.438 e. The summed E-state index contributed by atoms with van der Waals surface area (Å²) in [7, 11) is 0. The Morgan fingerprint density at radius 3 is 2.12 bits per heavy atom. The second kappa shape index (κ2) is 8.93. The van der Waals surface area contributed by atoms with E-state index >= 15 is 0 Å². The van der Waals surface area contributed by atoms with Crippen molar-refractivity contribution in [2.75, 3.05) is 6.61 Å². The van der Waals surface area contributed by atoms with Crippen molar-refractivity contribution in [2.24, 2.45) is 0 Å². The Labute approximate surface area is 155 Å². The Kier molecular flexibility index (Phi) is 8.23. The fourth-order valence-corrected chi connectivity index (χ4v) is 1.83. The number of rotatable bonds is 4. The van der Waals surface area contributed by atoms with Crippen LogP contribution in [0.2, 0.25) is 0 Å². The third kappa shape index (κ3) is 6.81. The quantitative estimate of drug-likeness (QED) is 0.267. The Hall–Kier alpha value is -1.97. The number of hydrogen-bond donors (Lipinski definition) is 1. The van der Waals surface area contributed by atoms with Crippen molar-refractivity contribution in [3.05, 3.63) is 58.3 Å². The van der Waals surface area contributed by atoms with E-state index < -0.39 is 23.6 Å². The van der Waals surface area contributed by atoms with E-state index in [2.05, 4.69) is 30.4 Å². The first-order valence-electron chi connectivity index (χ1n) is 7.11. The minimum Gasteiger partial charge on any atom is -0.515 e. The van der Waals surface area contributed by atoms with Gasteiger partial charge in [-0.3, -0.25) is 4.79 Å². The number of ether oxygens (including phenoxy) is 1. The third-order valence-corrected chi connectivity index (χ3v) is 3.24. The van der Waals surface area contributed by atoms with E-state index in [1.54, 1.807) is 0 Å². The van der Waals surface area contributed by atoms with Crippen molar-refractivity contribution in [1.82, 2.24) is 0 Å². The molecule has 1 aromatic carbocycles. The molecule has 0 unspecified atom stereocenters. The Morgan fingerprint density at radius 2 is 1.72 bits per heavy atom. The zero-order chi connectivity index (χ0) is 18.5. The van der Waals surface area contributed by atoms with E-state index in [-0.39, 0.29) is 35.5 Å². The van der Waals surface area contributed by atoms with Gasteiger partial charge in [0.05, 0.1) is 13.2 Å². The molecule has 4 nitrogen and oxygen atoms in total. The standard InChI is InChI=1S/C17H18F3NO3.Cu/c1-16(2,3)12-7-5-11(6-8-12)9-10-24-15(23)13(21-4)14(22)17(18,19)20;/h5-8,22H,9-10H2,1-3H3;/b14-13+;. The molecule has 0 aliphatic rings. The molecule has 0 amide bonds. The van der Waals surface area contributed by atoms with Crippen molar-refractivity contribution < 1.29 is 44.9 Å². The summed E-state index contributed by atoms with van der Waals surface area (Å²) in [6, 6.07) is 7.54. The van der Waals surface area contributed by atoms with Crippen LogP contribution in [0.5, 0.6) is 0 Å². The van der Waals surface area contributed by atoms with Gasteiger partial charge in [0.1, 0.15) is 0 Å². The third-order valence-electron chi connectivity index (χ3n) is 3.24. The number of halogens is 3. The van der Waals surface area contributed by atoms with Crippen LogP contribution in [0.1, 0.15) is 31.9 Å². The number of carbonyl (C=O) groups excluding carboxylic acids is 1. The van der Waals surface area contributed by atoms with Crippen molar-refractivity contribution >= 4 is 5.97 Å². The molecule has 0 saturated carbocycles. The fraction of sp³-hybridized carbons (Fsp3) is 0.412. The minimum atomic E-state index is -5.16. The summed E-state index contributed by atoms with van der Waals surface area (Å²) >= 11 is 0. The largest absolute Gasteiger partial charge is 0.515 e. The average Bonchev–Trinajstić information content (AvgIpc) is 2.46. The van der Waals surface area contributed by atoms with Gasteiger partial charge in [-0.25, -0.2) is 4.85 Å². The Balaban J connectivity index is 0.00000576. The van der Waals surface area contributed by atoms with Crippen molar-refractivity contribution in [2.45, 2.75) is 38.8 Å². The summed E-state index contributed by atoms with van der Waals surface area (Å²) in [4.78, 5) is 13.9. The van der Waals surface area contributed by atoms with Crippen molar-refractivity contribution in [3.8, 4) is 0 Å². The molecule has 0 aliphatic carbocycles. The second-order valence-electron chi connectivity index (χ2n) is 6.14. The van der Waals surface area contributed by atoms with Crippen LogP contribution in [0.4, 0.5) is 13.2 Å². The minimum absolute atomic E-state index is 0. The molecule has 25 heavy (non-hydrogen) atoms. The molecular weight excluding hydrogens is 387 g/mol. The monoisotopic (exact) mass is 404 g/mol. The number of alkyl halides is 3. The molecular formula is C17H18CuF3NO3. The number of hydrogen-bond acceptors (Lipinski definition) is 3. The Morgan fingerprint density at radius 1 is 1.20 bits per heavy atom. The van der Waals surface area contributed by atoms with E-state index in [0.29, 0.717) is 0 Å². The average molecular weight is 405 g/mol. The van der Waals surface area contributed by atoms with Crippen molar-refractivity contribution in [1.29, 1.82) is 0 Å². The molecule has 1 aromatic rings. The van der Waals surface area contributed by atoms with Crippen LogP contribution >= 0.6 is 0 Å². The van der Waals surface area contributed by atoms with Gasteiger partial charge in [-0.15, -0.1) is 0 Å². The van der Waals surface area contributed by atoms with Gasteiger partial charge in [0.15, 0.2) is 0 Å². The van der Waals surface area contributed by atoms with Crippen LogP contribution in [0.25, 0.3) is 4.85 Å². The number of aliphatic hydroxyl groups is 1. The molecule has 0 aliphatic heterocycles. The second-order valence-corrected chi connectivity index (χ2v) is 6.14. The van der Waals surface area contributed by atoms with E-state index in [1.165, 1.54) is 0 Å². The van der Waals surface area contributed by atoms with E-state index in [9.17, 15) is 18.0 Å². The summed E-state index contributed by atoms with van der Waals surface area (Å²) in [6.45, 7) is 12.6. The van der Waals surface area contributed by atoms with Gasteiger partial charge >= 0.3 is 17.8 Å². The van der Waals surface area contributed by atoms with Crippen LogP contribution in [-0.2, 0) is 38.4 Å². The van der Waals surface area contributed by atoms with Gasteiger partial charge in [-0.05, 0) is 16.5 Å². The molecule has 8 heteroatoms. The van der Waals surface area contributed by atoms with Gasteiger partial charge < -0.3 is 9.84 Å². The molecule has 0 heterocycles. The molecule has 0 bridgehead atoms. The van der Waals surface area contributed by atoms with Gasteiger partial charge in [0.2, 0.25) is 5.76 Å². The maximum Gasteiger partial charge on any atom is 0.438 e. The summed E-state index contributed by atoms with van der Waals surface area (Å²) in [5, 5.41) is 8.88. The maximum atomic E-state index is 12.3. The topological polar surface area (TPSA) is 50.9 Å². The Bertz CT molecular complexity index is 668. The summed E-state index contributed by atoms with van der Waals surface area (Å²) in [5.41, 5.74) is 0.487. The first kappa shape index (κ1) is 23.0. The number of aliphatic hydroxyl groups excluding tert-OH is 1. The molecule has 0 spiro atoms. The maximum absolute atomic E-state index is 12.3. The van der Waals surface area contributed by atoms with E-state index in [0.717, 1.165) is 11.1 Å². The molecule has 0 fully saturated rings. The predicted octanol–water partition coefficient (Wildman–Crippen LogP) is 4.32. The number of benzene rings is 1. The first-order chi connectivity index (χ1) is 11.0. The molecule has 1 radical (unpaired) electrons. The molecule has 141 valence electrons. The molecule has 0 saturated heterocycles. The van der Waals surface area contributed by atoms with Crippen LogP contribution in [0, 0.1) is 6.57 Å². The van der Waals surface area contributed by atoms with Crippen LogP contribution in [0.15, 0.2) is 35.7 Å². The number of allylic oxidation sites excluding steroid dienone is 1. The number of carbonyl (C=O) groups is 1. The molecule has 0 aromatic heterocycles. The van der Waals surface area contributed by atoms with Crippen molar-refractivity contribution in [3.63, 3.8) is 0 Å². The molecule has 1 rings (SSSR count). The summed E-state index contributed by atoms with van der Waals surface area (Å²) in [5.74, 6) is -3.73. The summed E-state index contributed by atoms with van der Waals surface area (Å²) < 4.78 is 41.6. The predicted molar refractivity (Wildman–Crippen MR) is 82.1 cm³/mol. The number of esters is 1. The van der Waals surface area contributed by atoms with Crippen LogP contribution < -0.4 is 0 Å². The van der Waals surface area contributed by atoms with E-state index in [1.807, 2.05) is 24.3 Å². The molecule has 0 atom stereocenters.